The SMILES string of the molecule is NC1CCC(C(O)N2CC3(CNC3)C2)CN1. The molecule has 0 saturated carbocycles. The Kier molecular flexibility index (Phi) is 2.68. The zero-order chi connectivity index (χ0) is 11.2. The molecule has 3 atom stereocenters. The molecule has 0 aliphatic carbocycles. The van der Waals surface area contributed by atoms with Gasteiger partial charge in [0.15, 0.2) is 0 Å². The number of nitrogens with two attached hydrogens (primary N) is 1. The van der Waals surface area contributed by atoms with Crippen molar-refractivity contribution in [3.8, 4) is 0 Å². The van der Waals surface area contributed by atoms with Gasteiger partial charge >= 0.3 is 0 Å². The van der Waals surface area contributed by atoms with Gasteiger partial charge in [0.05, 0.1) is 6.17 Å². The lowest BCUT2D eigenvalue weighted by Crippen LogP contribution is -2.73. The fourth-order valence-corrected chi connectivity index (χ4v) is 3.16. The summed E-state index contributed by atoms with van der Waals surface area (Å²) in [7, 11) is 0. The van der Waals surface area contributed by atoms with E-state index in [2.05, 4.69) is 15.5 Å². The number of rotatable bonds is 2. The van der Waals surface area contributed by atoms with Crippen LogP contribution >= 0.6 is 0 Å². The molecule has 3 saturated heterocycles. The average Bonchev–Trinajstić information content (AvgIpc) is 2.14. The number of nitrogens with one attached hydrogen (secondary N) is 2. The van der Waals surface area contributed by atoms with Crippen LogP contribution in [-0.4, -0.2) is 55.1 Å². The van der Waals surface area contributed by atoms with Gasteiger partial charge in [-0.3, -0.25) is 4.90 Å². The molecule has 0 amide bonds. The van der Waals surface area contributed by atoms with E-state index in [0.717, 1.165) is 45.6 Å². The molecule has 5 N–H and O–H groups in total. The Bertz CT molecular complexity index is 253. The van der Waals surface area contributed by atoms with E-state index < -0.39 is 0 Å². The van der Waals surface area contributed by atoms with Crippen molar-refractivity contribution in [1.29, 1.82) is 0 Å². The molecule has 5 heteroatoms. The molecular formula is C11H22N4O. The summed E-state index contributed by atoms with van der Waals surface area (Å²) in [5.41, 5.74) is 6.28. The van der Waals surface area contributed by atoms with Gasteiger partial charge in [-0.1, -0.05) is 0 Å². The normalized spacial score (nSPS) is 40.1. The fraction of sp³-hybridized carbons (Fsp3) is 1.00. The Morgan fingerprint density at radius 2 is 2.06 bits per heavy atom. The Balaban J connectivity index is 1.48. The molecule has 3 fully saturated rings. The van der Waals surface area contributed by atoms with Gasteiger partial charge in [-0.05, 0) is 12.8 Å². The maximum absolute atomic E-state index is 10.3. The van der Waals surface area contributed by atoms with E-state index in [-0.39, 0.29) is 12.4 Å². The number of hydrogen-bond acceptors (Lipinski definition) is 5. The molecule has 3 heterocycles. The molecule has 0 aromatic carbocycles. The quantitative estimate of drug-likeness (QED) is 0.461. The van der Waals surface area contributed by atoms with Crippen LogP contribution in [0.15, 0.2) is 0 Å². The molecule has 3 aliphatic rings. The van der Waals surface area contributed by atoms with E-state index >= 15 is 0 Å². The lowest BCUT2D eigenvalue weighted by Gasteiger charge is -2.58. The van der Waals surface area contributed by atoms with Gasteiger partial charge in [0.2, 0.25) is 0 Å². The maximum Gasteiger partial charge on any atom is 0.111 e. The molecule has 1 spiro atoms. The number of piperidine rings is 1. The number of hydrogen-bond donors (Lipinski definition) is 4. The first-order chi connectivity index (χ1) is 7.69. The van der Waals surface area contributed by atoms with Crippen molar-refractivity contribution in [2.75, 3.05) is 32.7 Å². The second-order valence-electron chi connectivity index (χ2n) is 5.77. The Hall–Kier alpha value is -0.200. The van der Waals surface area contributed by atoms with E-state index in [9.17, 15) is 5.11 Å². The Morgan fingerprint density at radius 1 is 1.31 bits per heavy atom. The van der Waals surface area contributed by atoms with Gasteiger partial charge in [-0.15, -0.1) is 0 Å². The first kappa shape index (κ1) is 10.9. The molecule has 92 valence electrons. The largest absolute Gasteiger partial charge is 0.378 e. The minimum absolute atomic E-state index is 0.127. The highest BCUT2D eigenvalue weighted by Crippen LogP contribution is 2.36. The molecule has 0 bridgehead atoms. The van der Waals surface area contributed by atoms with Crippen molar-refractivity contribution in [3.63, 3.8) is 0 Å². The van der Waals surface area contributed by atoms with Crippen molar-refractivity contribution < 1.29 is 5.11 Å². The number of aliphatic hydroxyl groups excluding tert-OH is 1. The summed E-state index contributed by atoms with van der Waals surface area (Å²) < 4.78 is 0. The smallest absolute Gasteiger partial charge is 0.111 e. The molecule has 3 rings (SSSR count). The van der Waals surface area contributed by atoms with Crippen LogP contribution in [-0.2, 0) is 0 Å². The van der Waals surface area contributed by atoms with Crippen LogP contribution in [0.25, 0.3) is 0 Å². The lowest BCUT2D eigenvalue weighted by atomic mass is 9.73. The standard InChI is InChI=1S/C11H22N4O/c12-9-2-1-8(3-14-9)10(16)15-6-11(7-15)4-13-5-11/h8-10,13-14,16H,1-7,12H2. The van der Waals surface area contributed by atoms with E-state index in [1.54, 1.807) is 0 Å². The van der Waals surface area contributed by atoms with Gasteiger partial charge in [0.1, 0.15) is 6.23 Å². The highest BCUT2D eigenvalue weighted by molar-refractivity contribution is 5.05. The fourth-order valence-electron chi connectivity index (χ4n) is 3.16. The van der Waals surface area contributed by atoms with Crippen molar-refractivity contribution in [1.82, 2.24) is 15.5 Å². The summed E-state index contributed by atoms with van der Waals surface area (Å²) in [5.74, 6) is 0.352. The maximum atomic E-state index is 10.3. The van der Waals surface area contributed by atoms with Gasteiger partial charge in [0, 0.05) is 44.1 Å². The van der Waals surface area contributed by atoms with E-state index in [0.29, 0.717) is 11.3 Å². The van der Waals surface area contributed by atoms with Crippen LogP contribution < -0.4 is 16.4 Å². The number of likely N-dealkylation sites (tertiary alicyclic amines) is 1. The van der Waals surface area contributed by atoms with Crippen molar-refractivity contribution >= 4 is 0 Å². The van der Waals surface area contributed by atoms with Gasteiger partial charge in [0.25, 0.3) is 0 Å². The van der Waals surface area contributed by atoms with Crippen LogP contribution in [0.4, 0.5) is 0 Å². The van der Waals surface area contributed by atoms with Crippen molar-refractivity contribution in [3.05, 3.63) is 0 Å². The van der Waals surface area contributed by atoms with Crippen molar-refractivity contribution in [2.45, 2.75) is 25.2 Å². The highest BCUT2D eigenvalue weighted by atomic mass is 16.3. The number of nitrogens with zero attached hydrogens (tertiary/aromatic N) is 1. The second-order valence-corrected chi connectivity index (χ2v) is 5.77. The summed E-state index contributed by atoms with van der Waals surface area (Å²) in [6, 6.07) is 0. The van der Waals surface area contributed by atoms with E-state index in [1.165, 1.54) is 0 Å². The third kappa shape index (κ3) is 1.76. The minimum atomic E-state index is -0.272. The van der Waals surface area contributed by atoms with Crippen LogP contribution in [0.1, 0.15) is 12.8 Å². The highest BCUT2D eigenvalue weighted by Gasteiger charge is 2.50. The number of aliphatic hydroxyl groups is 1. The predicted molar refractivity (Wildman–Crippen MR) is 61.6 cm³/mol. The molecule has 16 heavy (non-hydrogen) atoms. The van der Waals surface area contributed by atoms with Crippen LogP contribution in [0.5, 0.6) is 0 Å². The molecule has 3 aliphatic heterocycles. The van der Waals surface area contributed by atoms with Crippen molar-refractivity contribution in [2.24, 2.45) is 17.1 Å². The second kappa shape index (κ2) is 3.92. The molecule has 3 unspecified atom stereocenters. The molecule has 5 nitrogen and oxygen atoms in total. The van der Waals surface area contributed by atoms with Crippen LogP contribution in [0.2, 0.25) is 0 Å². The Labute approximate surface area is 96.4 Å². The minimum Gasteiger partial charge on any atom is -0.378 e. The summed E-state index contributed by atoms with van der Waals surface area (Å²) in [6.45, 7) is 5.23. The monoisotopic (exact) mass is 226 g/mol. The molecule has 0 aromatic rings. The third-order valence-corrected chi connectivity index (χ3v) is 4.36. The van der Waals surface area contributed by atoms with Gasteiger partial charge in [-0.25, -0.2) is 0 Å². The van der Waals surface area contributed by atoms with Crippen LogP contribution in [0, 0.1) is 11.3 Å². The van der Waals surface area contributed by atoms with Gasteiger partial charge < -0.3 is 21.5 Å². The van der Waals surface area contributed by atoms with Crippen LogP contribution in [0.3, 0.4) is 0 Å². The first-order valence-corrected chi connectivity index (χ1v) is 6.30. The summed E-state index contributed by atoms with van der Waals surface area (Å²) in [5, 5.41) is 16.8. The average molecular weight is 226 g/mol. The Morgan fingerprint density at radius 3 is 2.56 bits per heavy atom. The molecular weight excluding hydrogens is 204 g/mol. The summed E-state index contributed by atoms with van der Waals surface area (Å²) in [4.78, 5) is 2.21. The first-order valence-electron chi connectivity index (χ1n) is 6.30. The summed E-state index contributed by atoms with van der Waals surface area (Å²) in [6.07, 6.45) is 1.87. The van der Waals surface area contributed by atoms with E-state index in [1.807, 2.05) is 0 Å². The van der Waals surface area contributed by atoms with E-state index in [4.69, 9.17) is 5.73 Å². The topological polar surface area (TPSA) is 73.5 Å². The predicted octanol–water partition coefficient (Wildman–Crippen LogP) is -1.51. The van der Waals surface area contributed by atoms with Gasteiger partial charge in [-0.2, -0.15) is 0 Å². The lowest BCUT2D eigenvalue weighted by molar-refractivity contribution is -0.153. The zero-order valence-corrected chi connectivity index (χ0v) is 9.65. The molecule has 0 aromatic heterocycles. The molecule has 0 radical (unpaired) electrons. The zero-order valence-electron chi connectivity index (χ0n) is 9.65. The third-order valence-electron chi connectivity index (χ3n) is 4.36. The summed E-state index contributed by atoms with van der Waals surface area (Å²) >= 11 is 0.